The van der Waals surface area contributed by atoms with E-state index in [0.29, 0.717) is 29.0 Å². The van der Waals surface area contributed by atoms with E-state index < -0.39 is 29.6 Å². The summed E-state index contributed by atoms with van der Waals surface area (Å²) in [4.78, 5) is 16.1. The van der Waals surface area contributed by atoms with Crippen LogP contribution in [0, 0.1) is 5.82 Å². The van der Waals surface area contributed by atoms with Gasteiger partial charge in [-0.2, -0.15) is 13.2 Å². The molecule has 0 aliphatic heterocycles. The number of carboxylic acids is 1. The summed E-state index contributed by atoms with van der Waals surface area (Å²) < 4.78 is 52.4. The van der Waals surface area contributed by atoms with Gasteiger partial charge in [0.25, 0.3) is 0 Å². The fraction of sp³-hybridized carbons (Fsp3) is 0.0909. The fourth-order valence-corrected chi connectivity index (χ4v) is 2.84. The van der Waals surface area contributed by atoms with E-state index in [9.17, 15) is 27.5 Å². The Morgan fingerprint density at radius 1 is 0.862 bits per heavy atom. The molecule has 3 aromatic carbocycles. The minimum absolute atomic E-state index is 0.188. The van der Waals surface area contributed by atoms with Crippen LogP contribution >= 0.6 is 0 Å². The Morgan fingerprint density at radius 2 is 1.38 bits per heavy atom. The second kappa shape index (κ2) is 8.26. The Morgan fingerprint density at radius 3 is 1.79 bits per heavy atom. The number of hydrogen-bond acceptors (Lipinski definition) is 2. The van der Waals surface area contributed by atoms with E-state index in [1.54, 1.807) is 60.7 Å². The van der Waals surface area contributed by atoms with Crippen molar-refractivity contribution < 1.29 is 27.5 Å². The maximum atomic E-state index is 14.0. The highest BCUT2D eigenvalue weighted by atomic mass is 19.4. The molecule has 0 heterocycles. The Hall–Kier alpha value is -3.48. The Kier molecular flexibility index (Phi) is 5.77. The summed E-state index contributed by atoms with van der Waals surface area (Å²) in [6, 6.07) is 18.0. The van der Waals surface area contributed by atoms with Crippen molar-refractivity contribution in [2.24, 2.45) is 4.99 Å². The van der Waals surface area contributed by atoms with E-state index in [2.05, 4.69) is 4.99 Å². The number of nitrogens with zero attached hydrogens (tertiary/aromatic N) is 1. The van der Waals surface area contributed by atoms with Crippen molar-refractivity contribution in [3.05, 3.63) is 107 Å². The Balaban J connectivity index is 2.13. The van der Waals surface area contributed by atoms with Crippen LogP contribution in [0.15, 0.2) is 83.9 Å². The molecular weight excluding hydrogens is 386 g/mol. The Labute approximate surface area is 164 Å². The van der Waals surface area contributed by atoms with Crippen molar-refractivity contribution in [3.8, 4) is 0 Å². The molecule has 0 aliphatic carbocycles. The molecule has 3 nitrogen and oxygen atoms in total. The number of aliphatic imine (C=N–C) groups is 1. The molecule has 0 aliphatic rings. The van der Waals surface area contributed by atoms with Crippen molar-refractivity contribution in [2.75, 3.05) is 0 Å². The van der Waals surface area contributed by atoms with Gasteiger partial charge in [0.2, 0.25) is 0 Å². The molecule has 148 valence electrons. The van der Waals surface area contributed by atoms with Crippen LogP contribution in [0.4, 0.5) is 17.6 Å². The number of carbonyl (C=O) groups is 1. The summed E-state index contributed by atoms with van der Waals surface area (Å²) in [5.41, 5.74) is -0.0679. The fourth-order valence-electron chi connectivity index (χ4n) is 2.84. The minimum Gasteiger partial charge on any atom is -0.479 e. The van der Waals surface area contributed by atoms with Crippen molar-refractivity contribution in [2.45, 2.75) is 12.2 Å². The standard InChI is InChI=1S/C22H15F4NO2/c23-18-13-16(11-12-17(18)22(24,25)26)20(21(28)29)27-19(14-7-3-1-4-8-14)15-9-5-2-6-10-15/h1-13,20H,(H,28,29). The molecule has 0 fully saturated rings. The summed E-state index contributed by atoms with van der Waals surface area (Å²) in [6.45, 7) is 0. The van der Waals surface area contributed by atoms with E-state index in [1.165, 1.54) is 0 Å². The van der Waals surface area contributed by atoms with Crippen LogP contribution in [-0.2, 0) is 11.0 Å². The molecular formula is C22H15F4NO2. The molecule has 0 saturated carbocycles. The molecule has 29 heavy (non-hydrogen) atoms. The first-order valence-electron chi connectivity index (χ1n) is 8.55. The predicted octanol–water partition coefficient (Wildman–Crippen LogP) is 5.51. The molecule has 3 aromatic rings. The molecule has 1 unspecified atom stereocenters. The minimum atomic E-state index is -4.87. The van der Waals surface area contributed by atoms with Gasteiger partial charge >= 0.3 is 12.1 Å². The van der Waals surface area contributed by atoms with Crippen LogP contribution in [0.3, 0.4) is 0 Å². The van der Waals surface area contributed by atoms with Crippen molar-refractivity contribution in [1.29, 1.82) is 0 Å². The van der Waals surface area contributed by atoms with Crippen LogP contribution < -0.4 is 0 Å². The lowest BCUT2D eigenvalue weighted by Crippen LogP contribution is -2.15. The smallest absolute Gasteiger partial charge is 0.419 e. The van der Waals surface area contributed by atoms with Gasteiger partial charge in [0.05, 0.1) is 11.3 Å². The number of benzene rings is 3. The first-order chi connectivity index (χ1) is 13.8. The SMILES string of the molecule is O=C(O)C(N=C(c1ccccc1)c1ccccc1)c1ccc(C(F)(F)F)c(F)c1. The zero-order valence-electron chi connectivity index (χ0n) is 14.9. The van der Waals surface area contributed by atoms with Gasteiger partial charge in [-0.3, -0.25) is 4.99 Å². The maximum Gasteiger partial charge on any atom is 0.419 e. The molecule has 3 rings (SSSR count). The van der Waals surface area contributed by atoms with E-state index in [4.69, 9.17) is 0 Å². The first-order valence-corrected chi connectivity index (χ1v) is 8.55. The summed E-state index contributed by atoms with van der Waals surface area (Å²) in [7, 11) is 0. The molecule has 0 bridgehead atoms. The third kappa shape index (κ3) is 4.68. The quantitative estimate of drug-likeness (QED) is 0.453. The second-order valence-corrected chi connectivity index (χ2v) is 6.19. The lowest BCUT2D eigenvalue weighted by Gasteiger charge is -2.15. The van der Waals surface area contributed by atoms with Crippen LogP contribution in [0.25, 0.3) is 0 Å². The molecule has 0 amide bonds. The van der Waals surface area contributed by atoms with Gasteiger partial charge in [0.1, 0.15) is 5.82 Å². The van der Waals surface area contributed by atoms with E-state index in [0.717, 1.165) is 6.07 Å². The van der Waals surface area contributed by atoms with Gasteiger partial charge in [0, 0.05) is 11.1 Å². The van der Waals surface area contributed by atoms with Gasteiger partial charge in [0.15, 0.2) is 6.04 Å². The van der Waals surface area contributed by atoms with Crippen LogP contribution in [0.5, 0.6) is 0 Å². The molecule has 7 heteroatoms. The molecule has 0 radical (unpaired) electrons. The van der Waals surface area contributed by atoms with E-state index in [1.807, 2.05) is 0 Å². The van der Waals surface area contributed by atoms with E-state index in [-0.39, 0.29) is 5.56 Å². The summed E-state index contributed by atoms with van der Waals surface area (Å²) >= 11 is 0. The predicted molar refractivity (Wildman–Crippen MR) is 100 cm³/mol. The first kappa shape index (κ1) is 20.3. The number of aliphatic carboxylic acids is 1. The number of carboxylic acid groups (broad SMARTS) is 1. The maximum absolute atomic E-state index is 14.0. The Bertz CT molecular complexity index is 990. The normalized spacial score (nSPS) is 12.3. The highest BCUT2D eigenvalue weighted by Crippen LogP contribution is 2.33. The van der Waals surface area contributed by atoms with Crippen molar-refractivity contribution >= 4 is 11.7 Å². The average Bonchev–Trinajstić information content (AvgIpc) is 2.68. The highest BCUT2D eigenvalue weighted by molar-refractivity contribution is 6.13. The largest absolute Gasteiger partial charge is 0.479 e. The van der Waals surface area contributed by atoms with Gasteiger partial charge < -0.3 is 5.11 Å². The third-order valence-corrected chi connectivity index (χ3v) is 4.20. The van der Waals surface area contributed by atoms with Gasteiger partial charge in [-0.25, -0.2) is 9.18 Å². The summed E-state index contributed by atoms with van der Waals surface area (Å²) in [5, 5.41) is 9.64. The summed E-state index contributed by atoms with van der Waals surface area (Å²) in [5.74, 6) is -2.95. The number of alkyl halides is 3. The number of hydrogen-bond donors (Lipinski definition) is 1. The molecule has 1 atom stereocenters. The van der Waals surface area contributed by atoms with Gasteiger partial charge in [-0.1, -0.05) is 66.7 Å². The van der Waals surface area contributed by atoms with Crippen LogP contribution in [0.2, 0.25) is 0 Å². The zero-order valence-corrected chi connectivity index (χ0v) is 14.9. The topological polar surface area (TPSA) is 49.7 Å². The number of rotatable bonds is 5. The summed E-state index contributed by atoms with van der Waals surface area (Å²) in [6.07, 6.45) is -4.87. The van der Waals surface area contributed by atoms with Gasteiger partial charge in [-0.05, 0) is 17.7 Å². The average molecular weight is 401 g/mol. The molecule has 1 N–H and O–H groups in total. The molecule has 0 saturated heterocycles. The molecule has 0 spiro atoms. The lowest BCUT2D eigenvalue weighted by molar-refractivity contribution is -0.140. The van der Waals surface area contributed by atoms with Crippen molar-refractivity contribution in [1.82, 2.24) is 0 Å². The molecule has 0 aromatic heterocycles. The van der Waals surface area contributed by atoms with Crippen LogP contribution in [-0.4, -0.2) is 16.8 Å². The highest BCUT2D eigenvalue weighted by Gasteiger charge is 2.34. The van der Waals surface area contributed by atoms with Crippen molar-refractivity contribution in [3.63, 3.8) is 0 Å². The monoisotopic (exact) mass is 401 g/mol. The van der Waals surface area contributed by atoms with Crippen LogP contribution in [0.1, 0.15) is 28.3 Å². The lowest BCUT2D eigenvalue weighted by atomic mass is 10.00. The van der Waals surface area contributed by atoms with Gasteiger partial charge in [-0.15, -0.1) is 0 Å². The van der Waals surface area contributed by atoms with E-state index >= 15 is 0 Å². The second-order valence-electron chi connectivity index (χ2n) is 6.19. The zero-order chi connectivity index (χ0) is 21.0. The third-order valence-electron chi connectivity index (χ3n) is 4.20. The number of halogens is 4.